The number of benzene rings is 2. The van der Waals surface area contributed by atoms with Gasteiger partial charge in [0, 0.05) is 23.1 Å². The molecular weight excluding hydrogens is 370 g/mol. The zero-order valence-corrected chi connectivity index (χ0v) is 15.3. The summed E-state index contributed by atoms with van der Waals surface area (Å²) >= 11 is 1.22. The monoisotopic (exact) mass is 385 g/mol. The number of rotatable bonds is 6. The van der Waals surface area contributed by atoms with Crippen molar-refractivity contribution < 1.29 is 19.2 Å². The molecule has 0 spiro atoms. The van der Waals surface area contributed by atoms with E-state index in [9.17, 15) is 14.9 Å². The number of carbonyl (C=O) groups excluding carboxylic acids is 1. The number of thiazole rings is 1. The van der Waals surface area contributed by atoms with E-state index in [1.54, 1.807) is 35.7 Å². The maximum absolute atomic E-state index is 12.6. The molecule has 0 aliphatic heterocycles. The first-order valence-corrected chi connectivity index (χ1v) is 8.64. The number of nitro groups is 1. The van der Waals surface area contributed by atoms with E-state index in [0.717, 1.165) is 0 Å². The molecule has 27 heavy (non-hydrogen) atoms. The molecule has 1 N–H and O–H groups in total. The molecule has 0 aliphatic rings. The highest BCUT2D eigenvalue weighted by molar-refractivity contribution is 7.14. The number of methoxy groups -OCH3 is 2. The van der Waals surface area contributed by atoms with Crippen molar-refractivity contribution in [2.75, 3.05) is 19.5 Å². The number of nitrogens with one attached hydrogen (secondary N) is 1. The second kappa shape index (κ2) is 7.83. The van der Waals surface area contributed by atoms with Gasteiger partial charge in [-0.25, -0.2) is 4.98 Å². The van der Waals surface area contributed by atoms with Crippen LogP contribution >= 0.6 is 11.3 Å². The summed E-state index contributed by atoms with van der Waals surface area (Å²) in [4.78, 5) is 27.4. The molecule has 1 aromatic heterocycles. The van der Waals surface area contributed by atoms with Crippen LogP contribution in [0.5, 0.6) is 11.5 Å². The van der Waals surface area contributed by atoms with Gasteiger partial charge in [-0.2, -0.15) is 0 Å². The third kappa shape index (κ3) is 3.87. The van der Waals surface area contributed by atoms with Gasteiger partial charge in [-0.05, 0) is 12.1 Å². The third-order valence-electron chi connectivity index (χ3n) is 3.72. The Morgan fingerprint density at radius 3 is 2.67 bits per heavy atom. The van der Waals surface area contributed by atoms with Gasteiger partial charge in [0.2, 0.25) is 0 Å². The van der Waals surface area contributed by atoms with Crippen LogP contribution in [0.4, 0.5) is 10.8 Å². The molecule has 9 heteroatoms. The molecule has 0 bridgehead atoms. The predicted octanol–water partition coefficient (Wildman–Crippen LogP) is 3.99. The Kier molecular flexibility index (Phi) is 5.32. The van der Waals surface area contributed by atoms with Crippen LogP contribution in [0.3, 0.4) is 0 Å². The molecule has 3 aromatic rings. The van der Waals surface area contributed by atoms with Gasteiger partial charge in [0.1, 0.15) is 0 Å². The normalized spacial score (nSPS) is 10.3. The fourth-order valence-electron chi connectivity index (χ4n) is 2.47. The lowest BCUT2D eigenvalue weighted by atomic mass is 10.1. The highest BCUT2D eigenvalue weighted by Crippen LogP contribution is 2.32. The molecule has 0 saturated carbocycles. The highest BCUT2D eigenvalue weighted by Gasteiger charge is 2.18. The van der Waals surface area contributed by atoms with Crippen LogP contribution in [0.2, 0.25) is 0 Å². The number of hydrogen-bond acceptors (Lipinski definition) is 7. The van der Waals surface area contributed by atoms with Crippen molar-refractivity contribution in [2.45, 2.75) is 0 Å². The molecule has 3 rings (SSSR count). The third-order valence-corrected chi connectivity index (χ3v) is 4.48. The molecule has 8 nitrogen and oxygen atoms in total. The second-order valence-corrected chi connectivity index (χ2v) is 6.20. The topological polar surface area (TPSA) is 104 Å². The van der Waals surface area contributed by atoms with Crippen LogP contribution < -0.4 is 14.8 Å². The molecule has 1 amide bonds. The van der Waals surface area contributed by atoms with Gasteiger partial charge < -0.3 is 9.47 Å². The summed E-state index contributed by atoms with van der Waals surface area (Å²) in [5.74, 6) is 0.375. The minimum absolute atomic E-state index is 0.0211. The summed E-state index contributed by atoms with van der Waals surface area (Å²) < 4.78 is 10.5. The van der Waals surface area contributed by atoms with Crippen LogP contribution in [0.25, 0.3) is 11.3 Å². The smallest absolute Gasteiger partial charge is 0.270 e. The molecule has 0 radical (unpaired) electrons. The average Bonchev–Trinajstić information content (AvgIpc) is 3.15. The average molecular weight is 385 g/mol. The Morgan fingerprint density at radius 1 is 1.19 bits per heavy atom. The Balaban J connectivity index is 1.83. The van der Waals surface area contributed by atoms with Crippen LogP contribution in [0.15, 0.2) is 47.8 Å². The summed E-state index contributed by atoms with van der Waals surface area (Å²) in [5.41, 5.74) is 1.42. The van der Waals surface area contributed by atoms with Crippen LogP contribution in [0.1, 0.15) is 10.4 Å². The number of para-hydroxylation sites is 1. The lowest BCUT2D eigenvalue weighted by molar-refractivity contribution is -0.384. The van der Waals surface area contributed by atoms with E-state index in [1.807, 2.05) is 0 Å². The zero-order valence-electron chi connectivity index (χ0n) is 14.5. The zero-order chi connectivity index (χ0) is 19.4. The van der Waals surface area contributed by atoms with Gasteiger partial charge in [0.15, 0.2) is 16.6 Å². The number of aromatic nitrogens is 1. The van der Waals surface area contributed by atoms with Gasteiger partial charge in [0.25, 0.3) is 11.6 Å². The molecule has 138 valence electrons. The molecular formula is C18H15N3O5S. The van der Waals surface area contributed by atoms with Crippen molar-refractivity contribution in [1.82, 2.24) is 4.98 Å². The largest absolute Gasteiger partial charge is 0.493 e. The number of nitro benzene ring substituents is 1. The fraction of sp³-hybridized carbons (Fsp3) is 0.111. The quantitative estimate of drug-likeness (QED) is 0.508. The number of anilines is 1. The first kappa shape index (κ1) is 18.3. The Morgan fingerprint density at radius 2 is 1.96 bits per heavy atom. The van der Waals surface area contributed by atoms with Gasteiger partial charge in [-0.3, -0.25) is 20.2 Å². The van der Waals surface area contributed by atoms with E-state index in [2.05, 4.69) is 10.3 Å². The Labute approximate surface area is 158 Å². The lowest BCUT2D eigenvalue weighted by Crippen LogP contribution is -2.13. The number of nitrogens with zero attached hydrogens (tertiary/aromatic N) is 2. The number of amides is 1. The molecule has 0 fully saturated rings. The minimum atomic E-state index is -0.465. The van der Waals surface area contributed by atoms with Crippen LogP contribution in [-0.2, 0) is 0 Å². The molecule has 1 heterocycles. The van der Waals surface area contributed by atoms with Crippen molar-refractivity contribution in [1.29, 1.82) is 0 Å². The highest BCUT2D eigenvalue weighted by atomic mass is 32.1. The van der Waals surface area contributed by atoms with Gasteiger partial charge in [-0.15, -0.1) is 11.3 Å². The maximum atomic E-state index is 12.6. The summed E-state index contributed by atoms with van der Waals surface area (Å²) in [5, 5.41) is 15.7. The summed E-state index contributed by atoms with van der Waals surface area (Å²) in [7, 11) is 2.95. The van der Waals surface area contributed by atoms with E-state index in [1.165, 1.54) is 37.7 Å². The molecule has 0 aliphatic carbocycles. The first-order chi connectivity index (χ1) is 13.0. The molecule has 0 unspecified atom stereocenters. The number of ether oxygens (including phenoxy) is 2. The molecule has 0 saturated heterocycles. The molecule has 0 atom stereocenters. The van der Waals surface area contributed by atoms with Crippen LogP contribution in [-0.4, -0.2) is 30.0 Å². The van der Waals surface area contributed by atoms with E-state index < -0.39 is 10.8 Å². The van der Waals surface area contributed by atoms with Crippen molar-refractivity contribution in [3.63, 3.8) is 0 Å². The Hall–Kier alpha value is -3.46. The van der Waals surface area contributed by atoms with Crippen LogP contribution in [0, 0.1) is 10.1 Å². The fourth-order valence-corrected chi connectivity index (χ4v) is 3.19. The SMILES string of the molecule is COc1cccc(C(=O)Nc2nc(-c3cccc([N+](=O)[O-])c3)cs2)c1OC. The van der Waals surface area contributed by atoms with E-state index in [4.69, 9.17) is 9.47 Å². The standard InChI is InChI=1S/C18H15N3O5S/c1-25-15-8-4-7-13(16(15)26-2)17(22)20-18-19-14(10-27-18)11-5-3-6-12(9-11)21(23)24/h3-10H,1-2H3,(H,19,20,22). The van der Waals surface area contributed by atoms with Crippen molar-refractivity contribution >= 4 is 28.1 Å². The number of hydrogen-bond donors (Lipinski definition) is 1. The minimum Gasteiger partial charge on any atom is -0.493 e. The first-order valence-electron chi connectivity index (χ1n) is 7.76. The van der Waals surface area contributed by atoms with E-state index in [-0.39, 0.29) is 5.69 Å². The van der Waals surface area contributed by atoms with Crippen molar-refractivity contribution in [3.05, 3.63) is 63.5 Å². The summed E-state index contributed by atoms with van der Waals surface area (Å²) in [6.45, 7) is 0. The van der Waals surface area contributed by atoms with E-state index >= 15 is 0 Å². The Bertz CT molecular complexity index is 1000. The molecule has 2 aromatic carbocycles. The lowest BCUT2D eigenvalue weighted by Gasteiger charge is -2.11. The second-order valence-electron chi connectivity index (χ2n) is 5.34. The van der Waals surface area contributed by atoms with Gasteiger partial charge >= 0.3 is 0 Å². The summed E-state index contributed by atoms with van der Waals surface area (Å²) in [6.07, 6.45) is 0. The summed E-state index contributed by atoms with van der Waals surface area (Å²) in [6, 6.07) is 11.2. The van der Waals surface area contributed by atoms with Gasteiger partial charge in [-0.1, -0.05) is 18.2 Å². The van der Waals surface area contributed by atoms with E-state index in [0.29, 0.717) is 33.5 Å². The number of non-ortho nitro benzene ring substituents is 1. The maximum Gasteiger partial charge on any atom is 0.270 e. The predicted molar refractivity (Wildman–Crippen MR) is 102 cm³/mol. The number of carbonyl (C=O) groups is 1. The van der Waals surface area contributed by atoms with Crippen molar-refractivity contribution in [3.8, 4) is 22.8 Å². The van der Waals surface area contributed by atoms with Gasteiger partial charge in [0.05, 0.1) is 30.4 Å². The van der Waals surface area contributed by atoms with Crippen molar-refractivity contribution in [2.24, 2.45) is 0 Å².